The van der Waals surface area contributed by atoms with Crippen LogP contribution in [0.3, 0.4) is 0 Å². The van der Waals surface area contributed by atoms with E-state index in [0.29, 0.717) is 23.6 Å². The van der Waals surface area contributed by atoms with Crippen LogP contribution in [0.4, 0.5) is 0 Å². The average Bonchev–Trinajstić information content (AvgIpc) is 3.42. The smallest absolute Gasteiger partial charge is 0.251 e. The summed E-state index contributed by atoms with van der Waals surface area (Å²) in [4.78, 5) is 33.6. The van der Waals surface area contributed by atoms with E-state index in [0.717, 1.165) is 44.5 Å². The van der Waals surface area contributed by atoms with Crippen molar-refractivity contribution in [2.75, 3.05) is 27.2 Å². The van der Waals surface area contributed by atoms with Crippen molar-refractivity contribution in [2.24, 2.45) is 5.92 Å². The molecule has 0 aliphatic heterocycles. The van der Waals surface area contributed by atoms with Crippen molar-refractivity contribution in [1.82, 2.24) is 25.5 Å². The van der Waals surface area contributed by atoms with Crippen LogP contribution in [-0.4, -0.2) is 54.2 Å². The van der Waals surface area contributed by atoms with Crippen molar-refractivity contribution in [3.63, 3.8) is 0 Å². The van der Waals surface area contributed by atoms with Gasteiger partial charge in [0.2, 0.25) is 0 Å². The molecular weight excluding hydrogens is 566 g/mol. The molecule has 0 unspecified atom stereocenters. The number of benzene rings is 2. The molecule has 4 rings (SSSR count). The van der Waals surface area contributed by atoms with Crippen molar-refractivity contribution < 1.29 is 9.59 Å². The molecule has 2 aromatic heterocycles. The molecule has 2 heterocycles. The number of rotatable bonds is 13. The van der Waals surface area contributed by atoms with Crippen molar-refractivity contribution in [3.8, 4) is 0 Å². The van der Waals surface area contributed by atoms with E-state index >= 15 is 0 Å². The minimum atomic E-state index is -0.152. The second kappa shape index (κ2) is 21.1. The summed E-state index contributed by atoms with van der Waals surface area (Å²) in [6.07, 6.45) is 7.66. The number of amides is 1. The highest BCUT2D eigenvalue weighted by Gasteiger charge is 2.05. The van der Waals surface area contributed by atoms with Gasteiger partial charge in [0.05, 0.1) is 0 Å². The van der Waals surface area contributed by atoms with E-state index in [1.165, 1.54) is 28.1 Å². The van der Waals surface area contributed by atoms with Crippen LogP contribution in [0.15, 0.2) is 78.4 Å². The Morgan fingerprint density at radius 3 is 2.34 bits per heavy atom. The number of aldehydes is 1. The van der Waals surface area contributed by atoms with Gasteiger partial charge in [0, 0.05) is 54.2 Å². The normalized spacial score (nSPS) is 10.5. The van der Waals surface area contributed by atoms with E-state index in [1.807, 2.05) is 37.5 Å². The Balaban J connectivity index is 0.000000320. The van der Waals surface area contributed by atoms with Crippen LogP contribution < -0.4 is 10.6 Å². The zero-order valence-corrected chi connectivity index (χ0v) is 28.0. The summed E-state index contributed by atoms with van der Waals surface area (Å²) < 4.78 is 0. The highest BCUT2D eigenvalue weighted by atomic mass is 32.1. The molecule has 7 nitrogen and oxygen atoms in total. The topological polar surface area (TPSA) is 87.2 Å². The van der Waals surface area contributed by atoms with Crippen LogP contribution in [0.25, 0.3) is 0 Å². The number of carbonyl (C=O) groups is 2. The van der Waals surface area contributed by atoms with Crippen LogP contribution in [0.5, 0.6) is 0 Å². The number of nitrogens with one attached hydrogen (secondary N) is 2. The van der Waals surface area contributed by atoms with Gasteiger partial charge in [-0.1, -0.05) is 67.9 Å². The molecule has 44 heavy (non-hydrogen) atoms. The Hall–Kier alpha value is -3.72. The minimum absolute atomic E-state index is 0.152. The molecular formula is C36H49N5O2S. The highest BCUT2D eigenvalue weighted by Crippen LogP contribution is 2.10. The maximum Gasteiger partial charge on any atom is 0.251 e. The molecule has 0 saturated heterocycles. The fourth-order valence-electron chi connectivity index (χ4n) is 4.01. The summed E-state index contributed by atoms with van der Waals surface area (Å²) in [6, 6.07) is 19.2. The number of hydrogen-bond donors (Lipinski definition) is 2. The lowest BCUT2D eigenvalue weighted by molar-refractivity contribution is 0.0953. The standard InChI is InChI=1S/C22H29N3O2.C7H12N2S.C7H8/c1-17(2)7-8-18-11-20(15-24-13-18)14-23-9-4-10-25-22(27)21-6-3-5-19(12-21)16-26;1-6-5-10-7(8-6)4-9(2)3;1-7-5-3-2-4-6-7/h3,5-6,11-13,15-17,23H,4,7-10,14H2,1-2H3,(H,25,27);5H,4H2,1-3H3;2-6H,1H3. The van der Waals surface area contributed by atoms with Gasteiger partial charge in [-0.2, -0.15) is 0 Å². The Bertz CT molecular complexity index is 1370. The summed E-state index contributed by atoms with van der Waals surface area (Å²) in [5, 5.41) is 9.54. The Kier molecular flexibility index (Phi) is 17.5. The lowest BCUT2D eigenvalue weighted by atomic mass is 10.0. The lowest BCUT2D eigenvalue weighted by Gasteiger charge is -2.09. The predicted octanol–water partition coefficient (Wildman–Crippen LogP) is 6.90. The molecule has 8 heteroatoms. The maximum atomic E-state index is 12.1. The minimum Gasteiger partial charge on any atom is -0.352 e. The number of pyridine rings is 1. The fourth-order valence-corrected chi connectivity index (χ4v) is 4.90. The number of aryl methyl sites for hydroxylation is 3. The van der Waals surface area contributed by atoms with Gasteiger partial charge < -0.3 is 15.5 Å². The summed E-state index contributed by atoms with van der Waals surface area (Å²) in [6.45, 7) is 11.7. The molecule has 0 aliphatic rings. The van der Waals surface area contributed by atoms with Crippen molar-refractivity contribution in [3.05, 3.63) is 117 Å². The number of carbonyl (C=O) groups excluding carboxylic acids is 2. The largest absolute Gasteiger partial charge is 0.352 e. The van der Waals surface area contributed by atoms with Gasteiger partial charge in [0.15, 0.2) is 0 Å². The SMILES string of the molecule is CC(C)CCc1cncc(CNCCCNC(=O)c2cccc(C=O)c2)c1.Cc1ccccc1.Cc1csc(CN(C)C)n1. The molecule has 1 amide bonds. The van der Waals surface area contributed by atoms with Gasteiger partial charge in [-0.25, -0.2) is 4.98 Å². The van der Waals surface area contributed by atoms with Gasteiger partial charge in [-0.3, -0.25) is 14.6 Å². The van der Waals surface area contributed by atoms with Crippen LogP contribution >= 0.6 is 11.3 Å². The zero-order valence-electron chi connectivity index (χ0n) is 27.2. The molecule has 0 bridgehead atoms. The predicted molar refractivity (Wildman–Crippen MR) is 183 cm³/mol. The molecule has 0 aliphatic carbocycles. The van der Waals surface area contributed by atoms with Gasteiger partial charge in [0.1, 0.15) is 11.3 Å². The fraction of sp³-hybridized carbons (Fsp3) is 0.389. The number of nitrogens with zero attached hydrogens (tertiary/aromatic N) is 3. The molecule has 0 fully saturated rings. The Morgan fingerprint density at radius 1 is 0.977 bits per heavy atom. The van der Waals surface area contributed by atoms with Crippen LogP contribution in [0.2, 0.25) is 0 Å². The van der Waals surface area contributed by atoms with E-state index < -0.39 is 0 Å². The highest BCUT2D eigenvalue weighted by molar-refractivity contribution is 7.09. The molecule has 0 radical (unpaired) electrons. The third kappa shape index (κ3) is 16.2. The molecule has 4 aromatic rings. The first-order valence-electron chi connectivity index (χ1n) is 15.2. The monoisotopic (exact) mass is 615 g/mol. The Labute approximate surface area is 268 Å². The summed E-state index contributed by atoms with van der Waals surface area (Å²) in [5.74, 6) is 0.545. The molecule has 2 N–H and O–H groups in total. The number of aromatic nitrogens is 2. The summed E-state index contributed by atoms with van der Waals surface area (Å²) in [5.41, 5.74) is 5.94. The van der Waals surface area contributed by atoms with Crippen LogP contribution in [0, 0.1) is 19.8 Å². The summed E-state index contributed by atoms with van der Waals surface area (Å²) >= 11 is 1.73. The molecule has 0 saturated carbocycles. The van der Waals surface area contributed by atoms with Crippen LogP contribution in [-0.2, 0) is 19.5 Å². The average molecular weight is 616 g/mol. The van der Waals surface area contributed by atoms with Crippen LogP contribution in [0.1, 0.15) is 74.8 Å². The molecule has 2 aromatic carbocycles. The van der Waals surface area contributed by atoms with E-state index in [4.69, 9.17) is 0 Å². The van der Waals surface area contributed by atoms with Gasteiger partial charge >= 0.3 is 0 Å². The van der Waals surface area contributed by atoms with Gasteiger partial charge in [-0.05, 0) is 82.9 Å². The molecule has 0 spiro atoms. The van der Waals surface area contributed by atoms with Gasteiger partial charge in [0.25, 0.3) is 5.91 Å². The van der Waals surface area contributed by atoms with E-state index in [9.17, 15) is 9.59 Å². The first kappa shape index (κ1) is 36.5. The van der Waals surface area contributed by atoms with E-state index in [1.54, 1.807) is 35.6 Å². The first-order valence-corrected chi connectivity index (χ1v) is 16.1. The first-order chi connectivity index (χ1) is 21.2. The quantitative estimate of drug-likeness (QED) is 0.126. The summed E-state index contributed by atoms with van der Waals surface area (Å²) in [7, 11) is 4.10. The van der Waals surface area contributed by atoms with E-state index in [-0.39, 0.29) is 5.91 Å². The molecule has 236 valence electrons. The second-order valence-electron chi connectivity index (χ2n) is 11.4. The third-order valence-electron chi connectivity index (χ3n) is 6.35. The number of thiazole rings is 1. The third-order valence-corrected chi connectivity index (χ3v) is 7.30. The van der Waals surface area contributed by atoms with Crippen molar-refractivity contribution >= 4 is 23.5 Å². The Morgan fingerprint density at radius 2 is 1.73 bits per heavy atom. The maximum absolute atomic E-state index is 12.1. The van der Waals surface area contributed by atoms with Crippen molar-refractivity contribution in [1.29, 1.82) is 0 Å². The number of hydrogen-bond acceptors (Lipinski definition) is 7. The lowest BCUT2D eigenvalue weighted by Crippen LogP contribution is -2.27. The molecule has 0 atom stereocenters. The second-order valence-corrected chi connectivity index (χ2v) is 12.4. The van der Waals surface area contributed by atoms with Crippen molar-refractivity contribution in [2.45, 2.75) is 60.0 Å². The van der Waals surface area contributed by atoms with E-state index in [2.05, 4.69) is 83.9 Å². The van der Waals surface area contributed by atoms with Gasteiger partial charge in [-0.15, -0.1) is 11.3 Å². The zero-order chi connectivity index (χ0) is 32.2.